The zero-order valence-electron chi connectivity index (χ0n) is 12.2. The number of carbonyl (C=O) groups excluding carboxylic acids is 1. The summed E-state index contributed by atoms with van der Waals surface area (Å²) < 4.78 is 79.7. The lowest BCUT2D eigenvalue weighted by Crippen LogP contribution is -2.51. The average Bonchev–Trinajstić information content (AvgIpc) is 2.95. The second kappa shape index (κ2) is 5.60. The second-order valence-electron chi connectivity index (χ2n) is 6.49. The highest BCUT2D eigenvalue weighted by atomic mass is 19.4. The van der Waals surface area contributed by atoms with Crippen LogP contribution in [0.1, 0.15) is 26.7 Å². The molecule has 6 atom stereocenters. The first-order valence-corrected chi connectivity index (χ1v) is 7.19. The Balaban J connectivity index is 1.99. The van der Waals surface area contributed by atoms with E-state index >= 15 is 0 Å². The highest BCUT2D eigenvalue weighted by molar-refractivity contribution is 5.73. The number of esters is 1. The molecule has 0 aromatic rings. The second-order valence-corrected chi connectivity index (χ2v) is 6.49. The summed E-state index contributed by atoms with van der Waals surface area (Å²) in [6.07, 6.45) is -8.86. The molecule has 0 aromatic carbocycles. The van der Waals surface area contributed by atoms with Crippen LogP contribution >= 0.6 is 0 Å². The van der Waals surface area contributed by atoms with Crippen LogP contribution in [0.3, 0.4) is 0 Å². The van der Waals surface area contributed by atoms with Gasteiger partial charge in [0.1, 0.15) is 6.61 Å². The van der Waals surface area contributed by atoms with Gasteiger partial charge in [-0.15, -0.1) is 0 Å². The molecular formula is C14H18F6O2. The Morgan fingerprint density at radius 2 is 1.73 bits per heavy atom. The van der Waals surface area contributed by atoms with Gasteiger partial charge >= 0.3 is 12.1 Å². The van der Waals surface area contributed by atoms with Gasteiger partial charge in [0.25, 0.3) is 12.1 Å². The number of hydrogen-bond acceptors (Lipinski definition) is 2. The SMILES string of the molecule is CC1C2CC(C(=O)OCC(F)(C(F)F)C(F)(F)F)C(C2)C1C. The summed E-state index contributed by atoms with van der Waals surface area (Å²) in [4.78, 5) is 11.9. The Morgan fingerprint density at radius 1 is 1.14 bits per heavy atom. The molecule has 0 N–H and O–H groups in total. The van der Waals surface area contributed by atoms with Crippen molar-refractivity contribution in [3.63, 3.8) is 0 Å². The molecule has 0 heterocycles. The van der Waals surface area contributed by atoms with Crippen molar-refractivity contribution < 1.29 is 35.9 Å². The van der Waals surface area contributed by atoms with Gasteiger partial charge in [-0.25, -0.2) is 13.2 Å². The van der Waals surface area contributed by atoms with E-state index in [0.717, 1.165) is 6.42 Å². The number of hydrogen-bond donors (Lipinski definition) is 0. The molecule has 8 heteroatoms. The van der Waals surface area contributed by atoms with E-state index in [-0.39, 0.29) is 17.8 Å². The zero-order chi connectivity index (χ0) is 16.9. The minimum absolute atomic E-state index is 0.0288. The van der Waals surface area contributed by atoms with Gasteiger partial charge in [0.05, 0.1) is 5.92 Å². The molecule has 2 saturated carbocycles. The Bertz CT molecular complexity index is 436. The zero-order valence-corrected chi connectivity index (χ0v) is 12.2. The normalized spacial score (nSPS) is 37.4. The van der Waals surface area contributed by atoms with Gasteiger partial charge < -0.3 is 4.74 Å². The molecular weight excluding hydrogens is 314 g/mol. The van der Waals surface area contributed by atoms with Crippen molar-refractivity contribution in [1.82, 2.24) is 0 Å². The highest BCUT2D eigenvalue weighted by Gasteiger charge is 2.64. The number of halogens is 6. The lowest BCUT2D eigenvalue weighted by molar-refractivity contribution is -0.280. The fourth-order valence-corrected chi connectivity index (χ4v) is 3.76. The fraction of sp³-hybridized carbons (Fsp3) is 0.929. The maximum atomic E-state index is 13.4. The largest absolute Gasteiger partial charge is 0.461 e. The van der Waals surface area contributed by atoms with E-state index in [4.69, 9.17) is 0 Å². The van der Waals surface area contributed by atoms with Crippen LogP contribution in [0.25, 0.3) is 0 Å². The van der Waals surface area contributed by atoms with Gasteiger partial charge in [-0.05, 0) is 36.5 Å². The van der Waals surface area contributed by atoms with Crippen LogP contribution in [0.15, 0.2) is 0 Å². The molecule has 22 heavy (non-hydrogen) atoms. The van der Waals surface area contributed by atoms with E-state index < -0.39 is 36.8 Å². The highest BCUT2D eigenvalue weighted by Crippen LogP contribution is 2.55. The molecule has 2 nitrogen and oxygen atoms in total. The van der Waals surface area contributed by atoms with E-state index in [9.17, 15) is 31.1 Å². The van der Waals surface area contributed by atoms with Crippen LogP contribution in [0.5, 0.6) is 0 Å². The summed E-state index contributed by atoms with van der Waals surface area (Å²) >= 11 is 0. The molecule has 128 valence electrons. The maximum Gasteiger partial charge on any atom is 0.431 e. The van der Waals surface area contributed by atoms with Crippen LogP contribution in [-0.4, -0.2) is 30.8 Å². The van der Waals surface area contributed by atoms with Crippen LogP contribution < -0.4 is 0 Å². The van der Waals surface area contributed by atoms with E-state index in [2.05, 4.69) is 4.74 Å². The summed E-state index contributed by atoms with van der Waals surface area (Å²) in [6.45, 7) is 2.00. The fourth-order valence-electron chi connectivity index (χ4n) is 3.76. The standard InChI is InChI=1S/C14H18F6O2/c1-6-7(2)9-3-8(6)4-10(9)11(21)22-5-13(17,12(15)16)14(18,19)20/h6-10,12H,3-5H2,1-2H3. The minimum Gasteiger partial charge on any atom is -0.461 e. The van der Waals surface area contributed by atoms with Crippen LogP contribution in [0.4, 0.5) is 26.3 Å². The topological polar surface area (TPSA) is 26.3 Å². The molecule has 0 spiro atoms. The van der Waals surface area contributed by atoms with Crippen molar-refractivity contribution >= 4 is 5.97 Å². The predicted octanol–water partition coefficient (Wildman–Crippen LogP) is 3.99. The van der Waals surface area contributed by atoms with E-state index in [0.29, 0.717) is 12.3 Å². The summed E-state index contributed by atoms with van der Waals surface area (Å²) in [6, 6.07) is 0. The summed E-state index contributed by atoms with van der Waals surface area (Å²) in [5.74, 6) is -0.747. The molecule has 2 aliphatic carbocycles. The van der Waals surface area contributed by atoms with Crippen molar-refractivity contribution in [1.29, 1.82) is 0 Å². The minimum atomic E-state index is -5.79. The number of rotatable bonds is 4. The summed E-state index contributed by atoms with van der Waals surface area (Å²) in [5.41, 5.74) is -4.82. The lowest BCUT2D eigenvalue weighted by atomic mass is 9.76. The third-order valence-electron chi connectivity index (χ3n) is 5.44. The van der Waals surface area contributed by atoms with Crippen LogP contribution in [-0.2, 0) is 9.53 Å². The molecule has 0 saturated heterocycles. The summed E-state index contributed by atoms with van der Waals surface area (Å²) in [5, 5.41) is 0. The number of carbonyl (C=O) groups is 1. The van der Waals surface area contributed by atoms with Crippen molar-refractivity contribution in [2.45, 2.75) is 45.0 Å². The monoisotopic (exact) mass is 332 g/mol. The predicted molar refractivity (Wildman–Crippen MR) is 64.9 cm³/mol. The first kappa shape index (κ1) is 17.4. The smallest absolute Gasteiger partial charge is 0.431 e. The van der Waals surface area contributed by atoms with Gasteiger partial charge in [-0.1, -0.05) is 13.8 Å². The van der Waals surface area contributed by atoms with Crippen molar-refractivity contribution in [3.05, 3.63) is 0 Å². The van der Waals surface area contributed by atoms with Crippen molar-refractivity contribution in [2.75, 3.05) is 6.61 Å². The Morgan fingerprint density at radius 3 is 2.14 bits per heavy atom. The number of fused-ring (bicyclic) bond motifs is 2. The van der Waals surface area contributed by atoms with Crippen molar-refractivity contribution in [2.24, 2.45) is 29.6 Å². The summed E-state index contributed by atoms with van der Waals surface area (Å²) in [7, 11) is 0. The lowest BCUT2D eigenvalue weighted by Gasteiger charge is -2.31. The molecule has 0 aliphatic heterocycles. The maximum absolute atomic E-state index is 13.4. The van der Waals surface area contributed by atoms with E-state index in [1.165, 1.54) is 0 Å². The first-order chi connectivity index (χ1) is 9.99. The van der Waals surface area contributed by atoms with E-state index in [1.54, 1.807) is 0 Å². The molecule has 2 rings (SSSR count). The molecule has 2 aliphatic rings. The molecule has 0 amide bonds. The Kier molecular flexibility index (Phi) is 4.43. The van der Waals surface area contributed by atoms with Gasteiger partial charge in [-0.2, -0.15) is 13.2 Å². The number of alkyl halides is 6. The molecule has 0 radical (unpaired) electrons. The average molecular weight is 332 g/mol. The van der Waals surface area contributed by atoms with Crippen LogP contribution in [0, 0.1) is 29.6 Å². The van der Waals surface area contributed by atoms with E-state index in [1.807, 2.05) is 13.8 Å². The van der Waals surface area contributed by atoms with Gasteiger partial charge in [0.2, 0.25) is 0 Å². The van der Waals surface area contributed by atoms with Crippen LogP contribution in [0.2, 0.25) is 0 Å². The molecule has 6 unspecified atom stereocenters. The van der Waals surface area contributed by atoms with Gasteiger partial charge in [0, 0.05) is 0 Å². The Labute approximate surface area is 124 Å². The molecule has 2 fully saturated rings. The Hall–Kier alpha value is -0.950. The quantitative estimate of drug-likeness (QED) is 0.575. The van der Waals surface area contributed by atoms with Gasteiger partial charge in [-0.3, -0.25) is 4.79 Å². The van der Waals surface area contributed by atoms with Crippen molar-refractivity contribution in [3.8, 4) is 0 Å². The third-order valence-corrected chi connectivity index (χ3v) is 5.44. The third kappa shape index (κ3) is 2.69. The molecule has 0 aromatic heterocycles. The molecule has 2 bridgehead atoms. The number of ether oxygens (including phenoxy) is 1. The van der Waals surface area contributed by atoms with Gasteiger partial charge in [0.15, 0.2) is 0 Å². The first-order valence-electron chi connectivity index (χ1n) is 7.19.